The standard InChI is InChI=1S/C16H26N2O2S/c1-13(2)9-15-7-6-14(10-17-15)11-18-8-4-5-16(12-18)21(3,19)20/h6-7,10,13,16H,4-5,8-9,11-12H2,1-3H3. The smallest absolute Gasteiger partial charge is 0.151 e. The number of pyridine rings is 1. The molecule has 4 nitrogen and oxygen atoms in total. The first-order valence-corrected chi connectivity index (χ1v) is 9.65. The van der Waals surface area contributed by atoms with Gasteiger partial charge in [0.15, 0.2) is 9.84 Å². The van der Waals surface area contributed by atoms with Crippen molar-refractivity contribution >= 4 is 9.84 Å². The van der Waals surface area contributed by atoms with Crippen LogP contribution in [0.4, 0.5) is 0 Å². The van der Waals surface area contributed by atoms with Crippen LogP contribution in [0.5, 0.6) is 0 Å². The lowest BCUT2D eigenvalue weighted by Crippen LogP contribution is -2.41. The van der Waals surface area contributed by atoms with Gasteiger partial charge in [-0.15, -0.1) is 0 Å². The van der Waals surface area contributed by atoms with Crippen molar-refractivity contribution < 1.29 is 8.42 Å². The monoisotopic (exact) mass is 310 g/mol. The molecule has 2 rings (SSSR count). The number of aromatic nitrogens is 1. The molecule has 1 unspecified atom stereocenters. The molecule has 0 spiro atoms. The fraction of sp³-hybridized carbons (Fsp3) is 0.688. The molecule has 0 aliphatic carbocycles. The van der Waals surface area contributed by atoms with Crippen molar-refractivity contribution in [3.63, 3.8) is 0 Å². The van der Waals surface area contributed by atoms with E-state index in [-0.39, 0.29) is 5.25 Å². The number of rotatable bonds is 5. The number of sulfone groups is 1. The lowest BCUT2D eigenvalue weighted by Gasteiger charge is -2.31. The van der Waals surface area contributed by atoms with Crippen LogP contribution in [0.2, 0.25) is 0 Å². The minimum absolute atomic E-state index is 0.209. The van der Waals surface area contributed by atoms with Crippen molar-refractivity contribution in [3.05, 3.63) is 29.6 Å². The molecule has 1 aromatic rings. The van der Waals surface area contributed by atoms with Gasteiger partial charge in [-0.1, -0.05) is 19.9 Å². The summed E-state index contributed by atoms with van der Waals surface area (Å²) < 4.78 is 23.4. The van der Waals surface area contributed by atoms with Gasteiger partial charge in [0, 0.05) is 31.2 Å². The van der Waals surface area contributed by atoms with Gasteiger partial charge >= 0.3 is 0 Å². The number of piperidine rings is 1. The van der Waals surface area contributed by atoms with Crippen LogP contribution in [-0.4, -0.2) is 42.9 Å². The molecule has 1 fully saturated rings. The van der Waals surface area contributed by atoms with Crippen LogP contribution in [0.1, 0.15) is 37.9 Å². The summed E-state index contributed by atoms with van der Waals surface area (Å²) in [6.45, 7) is 6.79. The van der Waals surface area contributed by atoms with Crippen molar-refractivity contribution in [2.45, 2.75) is 44.9 Å². The first kappa shape index (κ1) is 16.4. The van der Waals surface area contributed by atoms with Gasteiger partial charge in [-0.3, -0.25) is 9.88 Å². The second kappa shape index (κ2) is 6.88. The molecule has 2 heterocycles. The van der Waals surface area contributed by atoms with Crippen LogP contribution in [0.25, 0.3) is 0 Å². The van der Waals surface area contributed by atoms with Crippen molar-refractivity contribution in [3.8, 4) is 0 Å². The summed E-state index contributed by atoms with van der Waals surface area (Å²) in [5.41, 5.74) is 2.29. The molecule has 1 aliphatic rings. The average Bonchev–Trinajstić information content (AvgIpc) is 2.40. The summed E-state index contributed by atoms with van der Waals surface area (Å²) in [6, 6.07) is 4.21. The molecule has 0 N–H and O–H groups in total. The van der Waals surface area contributed by atoms with Gasteiger partial charge in [0.25, 0.3) is 0 Å². The maximum absolute atomic E-state index is 11.7. The van der Waals surface area contributed by atoms with E-state index in [0.717, 1.165) is 43.6 Å². The lowest BCUT2D eigenvalue weighted by atomic mass is 10.1. The Balaban J connectivity index is 1.95. The Morgan fingerprint density at radius 2 is 2.14 bits per heavy atom. The summed E-state index contributed by atoms with van der Waals surface area (Å²) in [6.07, 6.45) is 6.03. The number of hydrogen-bond acceptors (Lipinski definition) is 4. The fourth-order valence-electron chi connectivity index (χ4n) is 2.85. The van der Waals surface area contributed by atoms with E-state index in [9.17, 15) is 8.42 Å². The van der Waals surface area contributed by atoms with E-state index in [4.69, 9.17) is 0 Å². The molecule has 0 bridgehead atoms. The van der Waals surface area contributed by atoms with Gasteiger partial charge in [0.05, 0.1) is 5.25 Å². The Labute approximate surface area is 128 Å². The quantitative estimate of drug-likeness (QED) is 0.837. The SMILES string of the molecule is CC(C)Cc1ccc(CN2CCCC(S(C)(=O)=O)C2)cn1. The van der Waals surface area contributed by atoms with E-state index in [0.29, 0.717) is 12.5 Å². The zero-order valence-electron chi connectivity index (χ0n) is 13.2. The van der Waals surface area contributed by atoms with Crippen LogP contribution in [0, 0.1) is 5.92 Å². The van der Waals surface area contributed by atoms with Crippen LogP contribution in [0.15, 0.2) is 18.3 Å². The Kier molecular flexibility index (Phi) is 5.38. The average molecular weight is 310 g/mol. The number of likely N-dealkylation sites (tertiary alicyclic amines) is 1. The highest BCUT2D eigenvalue weighted by atomic mass is 32.2. The van der Waals surface area contributed by atoms with Crippen molar-refractivity contribution in [2.75, 3.05) is 19.3 Å². The minimum atomic E-state index is -2.93. The van der Waals surface area contributed by atoms with E-state index in [1.165, 1.54) is 6.26 Å². The van der Waals surface area contributed by atoms with Gasteiger partial charge in [0.2, 0.25) is 0 Å². The molecule has 1 saturated heterocycles. The van der Waals surface area contributed by atoms with Gasteiger partial charge < -0.3 is 0 Å². The third-order valence-electron chi connectivity index (χ3n) is 3.98. The van der Waals surface area contributed by atoms with Crippen LogP contribution >= 0.6 is 0 Å². The molecule has 0 saturated carbocycles. The van der Waals surface area contributed by atoms with Crippen LogP contribution in [0.3, 0.4) is 0 Å². The zero-order valence-corrected chi connectivity index (χ0v) is 14.1. The maximum Gasteiger partial charge on any atom is 0.151 e. The van der Waals surface area contributed by atoms with E-state index in [1.54, 1.807) is 0 Å². The van der Waals surface area contributed by atoms with E-state index in [1.807, 2.05) is 6.20 Å². The minimum Gasteiger partial charge on any atom is -0.298 e. The van der Waals surface area contributed by atoms with Crippen molar-refractivity contribution in [1.29, 1.82) is 0 Å². The molecular formula is C16H26N2O2S. The Morgan fingerprint density at radius 1 is 1.38 bits per heavy atom. The highest BCUT2D eigenvalue weighted by Gasteiger charge is 2.27. The first-order chi connectivity index (χ1) is 9.84. The zero-order chi connectivity index (χ0) is 15.5. The molecule has 1 atom stereocenters. The van der Waals surface area contributed by atoms with E-state index in [2.05, 4.69) is 35.9 Å². The topological polar surface area (TPSA) is 50.3 Å². The van der Waals surface area contributed by atoms with Gasteiger partial charge in [-0.05, 0) is 43.4 Å². The van der Waals surface area contributed by atoms with Crippen molar-refractivity contribution in [1.82, 2.24) is 9.88 Å². The maximum atomic E-state index is 11.7. The van der Waals surface area contributed by atoms with Crippen LogP contribution < -0.4 is 0 Å². The van der Waals surface area contributed by atoms with E-state index < -0.39 is 9.84 Å². The second-order valence-corrected chi connectivity index (χ2v) is 8.91. The van der Waals surface area contributed by atoms with Crippen LogP contribution in [-0.2, 0) is 22.8 Å². The molecule has 118 valence electrons. The number of nitrogens with zero attached hydrogens (tertiary/aromatic N) is 2. The fourth-order valence-corrected chi connectivity index (χ4v) is 3.93. The molecule has 0 aromatic carbocycles. The Bertz CT molecular complexity index is 552. The lowest BCUT2D eigenvalue weighted by molar-refractivity contribution is 0.222. The largest absolute Gasteiger partial charge is 0.298 e. The Morgan fingerprint density at radius 3 is 2.71 bits per heavy atom. The van der Waals surface area contributed by atoms with Gasteiger partial charge in [0.1, 0.15) is 0 Å². The summed E-state index contributed by atoms with van der Waals surface area (Å²) in [4.78, 5) is 6.74. The molecule has 5 heteroatoms. The third-order valence-corrected chi connectivity index (χ3v) is 5.57. The van der Waals surface area contributed by atoms with E-state index >= 15 is 0 Å². The summed E-state index contributed by atoms with van der Waals surface area (Å²) in [7, 11) is -2.93. The summed E-state index contributed by atoms with van der Waals surface area (Å²) in [5.74, 6) is 0.612. The molecular weight excluding hydrogens is 284 g/mol. The first-order valence-electron chi connectivity index (χ1n) is 7.69. The predicted molar refractivity (Wildman–Crippen MR) is 85.9 cm³/mol. The molecule has 1 aliphatic heterocycles. The van der Waals surface area contributed by atoms with Crippen molar-refractivity contribution in [2.24, 2.45) is 5.92 Å². The molecule has 21 heavy (non-hydrogen) atoms. The second-order valence-electron chi connectivity index (χ2n) is 6.58. The molecule has 0 radical (unpaired) electrons. The predicted octanol–water partition coefficient (Wildman–Crippen LogP) is 2.29. The van der Waals surface area contributed by atoms with Gasteiger partial charge in [-0.25, -0.2) is 8.42 Å². The third kappa shape index (κ3) is 5.08. The highest BCUT2D eigenvalue weighted by Crippen LogP contribution is 2.18. The molecule has 0 amide bonds. The number of hydrogen-bond donors (Lipinski definition) is 0. The normalized spacial score (nSPS) is 20.9. The summed E-state index contributed by atoms with van der Waals surface area (Å²) in [5, 5.41) is -0.209. The molecule has 1 aromatic heterocycles. The van der Waals surface area contributed by atoms with Gasteiger partial charge in [-0.2, -0.15) is 0 Å². The summed E-state index contributed by atoms with van der Waals surface area (Å²) >= 11 is 0. The Hall–Kier alpha value is -0.940. The highest BCUT2D eigenvalue weighted by molar-refractivity contribution is 7.91.